The van der Waals surface area contributed by atoms with Crippen molar-refractivity contribution < 1.29 is 18.3 Å². The van der Waals surface area contributed by atoms with Crippen LogP contribution in [0.2, 0.25) is 5.02 Å². The fourth-order valence-electron chi connectivity index (χ4n) is 1.74. The van der Waals surface area contributed by atoms with E-state index in [1.54, 1.807) is 17.8 Å². The third-order valence-electron chi connectivity index (χ3n) is 2.70. The second-order valence-corrected chi connectivity index (χ2v) is 4.61. The number of alkyl halides is 2. The predicted molar refractivity (Wildman–Crippen MR) is 72.5 cm³/mol. The Morgan fingerprint density at radius 3 is 2.90 bits per heavy atom. The Hall–Kier alpha value is -2.15. The van der Waals surface area contributed by atoms with Crippen LogP contribution in [-0.2, 0) is 13.6 Å². The summed E-state index contributed by atoms with van der Waals surface area (Å²) in [6.07, 6.45) is 3.11. The van der Waals surface area contributed by atoms with Gasteiger partial charge < -0.3 is 14.6 Å². The Balaban J connectivity index is 2.10. The van der Waals surface area contributed by atoms with Crippen molar-refractivity contribution in [1.82, 2.24) is 14.9 Å². The monoisotopic (exact) mass is 315 g/mol. The second kappa shape index (κ2) is 6.53. The lowest BCUT2D eigenvalue weighted by Gasteiger charge is -2.12. The van der Waals surface area contributed by atoms with E-state index < -0.39 is 12.5 Å². The highest BCUT2D eigenvalue weighted by Gasteiger charge is 2.14. The fourth-order valence-corrected chi connectivity index (χ4v) is 1.93. The number of amides is 1. The van der Waals surface area contributed by atoms with Crippen LogP contribution in [0.4, 0.5) is 8.78 Å². The summed E-state index contributed by atoms with van der Waals surface area (Å²) in [6, 6.07) is 4.22. The maximum absolute atomic E-state index is 12.3. The van der Waals surface area contributed by atoms with Crippen LogP contribution in [0.25, 0.3) is 0 Å². The number of aromatic nitrogens is 2. The summed E-state index contributed by atoms with van der Waals surface area (Å²) in [5, 5.41) is 2.94. The molecule has 1 N–H and O–H groups in total. The molecular formula is C13H12ClF2N3O2. The number of benzene rings is 1. The molecule has 0 fully saturated rings. The van der Waals surface area contributed by atoms with Gasteiger partial charge in [0.2, 0.25) is 0 Å². The van der Waals surface area contributed by atoms with Crippen molar-refractivity contribution in [2.24, 2.45) is 7.05 Å². The summed E-state index contributed by atoms with van der Waals surface area (Å²) in [6.45, 7) is -2.95. The van der Waals surface area contributed by atoms with Crippen molar-refractivity contribution in [2.45, 2.75) is 13.2 Å². The number of nitrogens with zero attached hydrogens (tertiary/aromatic N) is 2. The normalized spacial score (nSPS) is 10.7. The standard InChI is InChI=1S/C13H12ClF2N3O2/c1-19-5-4-17-11(19)12(20)18-7-8-6-9(14)2-3-10(8)21-13(15)16/h2-6,13H,7H2,1H3,(H,18,20). The number of aryl methyl sites for hydroxylation is 1. The van der Waals surface area contributed by atoms with Crippen molar-refractivity contribution in [2.75, 3.05) is 0 Å². The van der Waals surface area contributed by atoms with Gasteiger partial charge in [-0.3, -0.25) is 4.79 Å². The molecule has 1 amide bonds. The second-order valence-electron chi connectivity index (χ2n) is 4.17. The number of imidazole rings is 1. The number of rotatable bonds is 5. The van der Waals surface area contributed by atoms with Crippen LogP contribution < -0.4 is 10.1 Å². The van der Waals surface area contributed by atoms with Crippen LogP contribution in [0, 0.1) is 0 Å². The van der Waals surface area contributed by atoms with E-state index >= 15 is 0 Å². The van der Waals surface area contributed by atoms with Gasteiger partial charge in [-0.1, -0.05) is 11.6 Å². The zero-order valence-electron chi connectivity index (χ0n) is 11.0. The molecule has 5 nitrogen and oxygen atoms in total. The molecule has 0 spiro atoms. The number of nitrogens with one attached hydrogen (secondary N) is 1. The highest BCUT2D eigenvalue weighted by atomic mass is 35.5. The lowest BCUT2D eigenvalue weighted by molar-refractivity contribution is -0.0504. The van der Waals surface area contributed by atoms with Crippen molar-refractivity contribution in [1.29, 1.82) is 0 Å². The third-order valence-corrected chi connectivity index (χ3v) is 2.94. The zero-order chi connectivity index (χ0) is 15.4. The van der Waals surface area contributed by atoms with Crippen LogP contribution in [0.15, 0.2) is 30.6 Å². The van der Waals surface area contributed by atoms with E-state index in [-0.39, 0.29) is 18.1 Å². The molecular weight excluding hydrogens is 304 g/mol. The van der Waals surface area contributed by atoms with Gasteiger partial charge in [-0.25, -0.2) is 4.98 Å². The Kier molecular flexibility index (Phi) is 4.74. The summed E-state index contributed by atoms with van der Waals surface area (Å²) in [5.41, 5.74) is 0.352. The lowest BCUT2D eigenvalue weighted by Crippen LogP contribution is -2.26. The lowest BCUT2D eigenvalue weighted by atomic mass is 10.2. The van der Waals surface area contributed by atoms with E-state index in [1.165, 1.54) is 24.4 Å². The van der Waals surface area contributed by atoms with E-state index in [4.69, 9.17) is 11.6 Å². The first kappa shape index (κ1) is 15.2. The molecule has 112 valence electrons. The molecule has 0 unspecified atom stereocenters. The van der Waals surface area contributed by atoms with Gasteiger partial charge in [-0.2, -0.15) is 8.78 Å². The molecule has 0 radical (unpaired) electrons. The summed E-state index contributed by atoms with van der Waals surface area (Å²) in [5.74, 6) is -0.242. The molecule has 0 aliphatic heterocycles. The van der Waals surface area contributed by atoms with Gasteiger partial charge in [0.1, 0.15) is 5.75 Å². The molecule has 8 heteroatoms. The quantitative estimate of drug-likeness (QED) is 0.922. The highest BCUT2D eigenvalue weighted by Crippen LogP contribution is 2.24. The minimum atomic E-state index is -2.95. The molecule has 0 bridgehead atoms. The third kappa shape index (κ3) is 3.91. The summed E-state index contributed by atoms with van der Waals surface area (Å²) in [7, 11) is 1.67. The average molecular weight is 316 g/mol. The van der Waals surface area contributed by atoms with Crippen LogP contribution in [0.3, 0.4) is 0 Å². The minimum Gasteiger partial charge on any atom is -0.434 e. The minimum absolute atomic E-state index is 0.00565. The average Bonchev–Trinajstić information content (AvgIpc) is 2.84. The van der Waals surface area contributed by atoms with E-state index in [2.05, 4.69) is 15.0 Å². The molecule has 1 aromatic heterocycles. The SMILES string of the molecule is Cn1ccnc1C(=O)NCc1cc(Cl)ccc1OC(F)F. The molecule has 0 aliphatic carbocycles. The number of carbonyl (C=O) groups is 1. The molecule has 0 saturated carbocycles. The molecule has 1 heterocycles. The Morgan fingerprint density at radius 2 is 2.29 bits per heavy atom. The first-order valence-electron chi connectivity index (χ1n) is 5.96. The van der Waals surface area contributed by atoms with Crippen LogP contribution in [0.5, 0.6) is 5.75 Å². The molecule has 1 aromatic carbocycles. The number of hydrogen-bond acceptors (Lipinski definition) is 3. The Bertz CT molecular complexity index is 646. The first-order valence-corrected chi connectivity index (χ1v) is 6.34. The summed E-state index contributed by atoms with van der Waals surface area (Å²) >= 11 is 5.82. The van der Waals surface area contributed by atoms with Crippen LogP contribution in [-0.4, -0.2) is 22.1 Å². The van der Waals surface area contributed by atoms with Crippen molar-refractivity contribution >= 4 is 17.5 Å². The van der Waals surface area contributed by atoms with E-state index in [1.807, 2.05) is 0 Å². The maximum Gasteiger partial charge on any atom is 0.387 e. The number of ether oxygens (including phenoxy) is 1. The van der Waals surface area contributed by atoms with Crippen LogP contribution in [0.1, 0.15) is 16.2 Å². The van der Waals surface area contributed by atoms with Gasteiger partial charge in [-0.15, -0.1) is 0 Å². The van der Waals surface area contributed by atoms with Gasteiger partial charge in [0.15, 0.2) is 5.82 Å². The maximum atomic E-state index is 12.3. The summed E-state index contributed by atoms with van der Waals surface area (Å²) < 4.78 is 30.6. The van der Waals surface area contributed by atoms with Gasteiger partial charge in [0.05, 0.1) is 0 Å². The van der Waals surface area contributed by atoms with Crippen molar-refractivity contribution in [3.63, 3.8) is 0 Å². The molecule has 2 rings (SSSR count). The molecule has 0 aliphatic rings. The first-order chi connectivity index (χ1) is 9.97. The van der Waals surface area contributed by atoms with Gasteiger partial charge in [0.25, 0.3) is 5.91 Å². The molecule has 21 heavy (non-hydrogen) atoms. The topological polar surface area (TPSA) is 56.2 Å². The largest absolute Gasteiger partial charge is 0.434 e. The number of halogens is 3. The highest BCUT2D eigenvalue weighted by molar-refractivity contribution is 6.30. The van der Waals surface area contributed by atoms with Crippen LogP contribution >= 0.6 is 11.6 Å². The molecule has 0 saturated heterocycles. The van der Waals surface area contributed by atoms with E-state index in [0.29, 0.717) is 10.6 Å². The summed E-state index contributed by atoms with van der Waals surface area (Å²) in [4.78, 5) is 15.8. The predicted octanol–water partition coefficient (Wildman–Crippen LogP) is 2.60. The fraction of sp³-hybridized carbons (Fsp3) is 0.231. The number of hydrogen-bond donors (Lipinski definition) is 1. The Morgan fingerprint density at radius 1 is 1.52 bits per heavy atom. The van der Waals surface area contributed by atoms with Crippen molar-refractivity contribution in [3.8, 4) is 5.75 Å². The van der Waals surface area contributed by atoms with E-state index in [0.717, 1.165) is 0 Å². The van der Waals surface area contributed by atoms with E-state index in [9.17, 15) is 13.6 Å². The van der Waals surface area contributed by atoms with Gasteiger partial charge in [-0.05, 0) is 18.2 Å². The van der Waals surface area contributed by atoms with Gasteiger partial charge in [0, 0.05) is 36.6 Å². The molecule has 0 atom stereocenters. The van der Waals surface area contributed by atoms with Gasteiger partial charge >= 0.3 is 6.61 Å². The number of carbonyl (C=O) groups excluding carboxylic acids is 1. The molecule has 2 aromatic rings. The Labute approximate surface area is 124 Å². The zero-order valence-corrected chi connectivity index (χ0v) is 11.8. The smallest absolute Gasteiger partial charge is 0.387 e. The van der Waals surface area contributed by atoms with Crippen molar-refractivity contribution in [3.05, 3.63) is 47.0 Å².